The second-order valence-corrected chi connectivity index (χ2v) is 9.62. The van der Waals surface area contributed by atoms with Crippen LogP contribution in [0, 0.1) is 20.8 Å². The summed E-state index contributed by atoms with van der Waals surface area (Å²) in [5.74, 6) is -0.420. The molecule has 1 fully saturated rings. The number of carbonyl (C=O) groups excluding carboxylic acids is 2. The fourth-order valence-electron chi connectivity index (χ4n) is 3.83. The molecule has 1 aromatic carbocycles. The summed E-state index contributed by atoms with van der Waals surface area (Å²) in [5, 5.41) is 5.37. The highest BCUT2D eigenvalue weighted by Gasteiger charge is 2.33. The SMILES string of the molecule is CCNC(=O)[C@H](C)NC(=O)C[NH+]1CCN(S(=O)(=O)c2c(C)cc(C)cc2C)CC1. The fraction of sp³-hybridized carbons (Fsp3) is 0.600. The summed E-state index contributed by atoms with van der Waals surface area (Å²) in [6.07, 6.45) is 0. The molecular formula is C20H33N4O4S+. The van der Waals surface area contributed by atoms with E-state index in [2.05, 4.69) is 10.6 Å². The Hall–Kier alpha value is -1.97. The van der Waals surface area contributed by atoms with Gasteiger partial charge in [0.05, 0.1) is 31.1 Å². The van der Waals surface area contributed by atoms with Crippen molar-refractivity contribution in [2.75, 3.05) is 39.3 Å². The van der Waals surface area contributed by atoms with Gasteiger partial charge in [-0.25, -0.2) is 8.42 Å². The van der Waals surface area contributed by atoms with E-state index in [1.807, 2.05) is 39.8 Å². The summed E-state index contributed by atoms with van der Waals surface area (Å²) in [4.78, 5) is 25.3. The third kappa shape index (κ3) is 5.77. The summed E-state index contributed by atoms with van der Waals surface area (Å²) in [7, 11) is -3.56. The zero-order valence-electron chi connectivity index (χ0n) is 18.0. The number of amides is 2. The highest BCUT2D eigenvalue weighted by atomic mass is 32.2. The lowest BCUT2D eigenvalue weighted by atomic mass is 10.1. The molecule has 1 heterocycles. The van der Waals surface area contributed by atoms with Gasteiger partial charge in [0.15, 0.2) is 6.54 Å². The first-order chi connectivity index (χ1) is 13.6. The molecule has 3 N–H and O–H groups in total. The third-order valence-electron chi connectivity index (χ3n) is 5.16. The Morgan fingerprint density at radius 1 is 1.14 bits per heavy atom. The molecule has 8 nitrogen and oxygen atoms in total. The predicted octanol–water partition coefficient (Wildman–Crippen LogP) is -0.858. The van der Waals surface area contributed by atoms with Crippen molar-refractivity contribution in [1.82, 2.24) is 14.9 Å². The summed E-state index contributed by atoms with van der Waals surface area (Å²) in [6, 6.07) is 3.19. The number of rotatable bonds is 7. The maximum Gasteiger partial charge on any atom is 0.275 e. The molecule has 2 amide bonds. The van der Waals surface area contributed by atoms with Crippen molar-refractivity contribution in [2.45, 2.75) is 45.6 Å². The van der Waals surface area contributed by atoms with Gasteiger partial charge in [0.25, 0.3) is 5.91 Å². The molecule has 29 heavy (non-hydrogen) atoms. The molecule has 0 unspecified atom stereocenters. The number of piperazine rings is 1. The Morgan fingerprint density at radius 3 is 2.21 bits per heavy atom. The van der Waals surface area contributed by atoms with Crippen LogP contribution in [0.1, 0.15) is 30.5 Å². The molecule has 0 bridgehead atoms. The maximum absolute atomic E-state index is 13.1. The molecule has 0 radical (unpaired) electrons. The van der Waals surface area contributed by atoms with Gasteiger partial charge in [-0.3, -0.25) is 9.59 Å². The highest BCUT2D eigenvalue weighted by Crippen LogP contribution is 2.25. The van der Waals surface area contributed by atoms with E-state index in [0.717, 1.165) is 21.6 Å². The van der Waals surface area contributed by atoms with Crippen LogP contribution in [0.25, 0.3) is 0 Å². The fourth-order valence-corrected chi connectivity index (χ4v) is 5.69. The molecule has 1 aromatic rings. The molecule has 1 saturated heterocycles. The molecule has 162 valence electrons. The average Bonchev–Trinajstić information content (AvgIpc) is 2.61. The standard InChI is InChI=1S/C20H32N4O4S/c1-6-21-20(26)17(5)22-18(25)13-23-7-9-24(10-8-23)29(27,28)19-15(3)11-14(2)12-16(19)4/h11-12,17H,6-10,13H2,1-5H3,(H,21,26)(H,22,25)/p+1/t17-/m0/s1. The number of nitrogens with zero attached hydrogens (tertiary/aromatic N) is 1. The minimum atomic E-state index is -3.56. The number of sulfonamides is 1. The first-order valence-corrected chi connectivity index (χ1v) is 11.5. The van der Waals surface area contributed by atoms with E-state index in [1.165, 1.54) is 4.31 Å². The van der Waals surface area contributed by atoms with E-state index in [-0.39, 0.29) is 18.4 Å². The largest absolute Gasteiger partial charge is 0.355 e. The Bertz CT molecular complexity index is 838. The van der Waals surface area contributed by atoms with Crippen molar-refractivity contribution in [2.24, 2.45) is 0 Å². The van der Waals surface area contributed by atoms with Crippen molar-refractivity contribution in [3.8, 4) is 0 Å². The Kier molecular flexibility index (Phi) is 7.79. The second kappa shape index (κ2) is 9.69. The van der Waals surface area contributed by atoms with Gasteiger partial charge in [-0.1, -0.05) is 17.7 Å². The lowest BCUT2D eigenvalue weighted by Gasteiger charge is -2.32. The second-order valence-electron chi connectivity index (χ2n) is 7.74. The van der Waals surface area contributed by atoms with E-state index in [0.29, 0.717) is 37.6 Å². The van der Waals surface area contributed by atoms with Crippen LogP contribution in [0.2, 0.25) is 0 Å². The number of hydrogen-bond donors (Lipinski definition) is 3. The van der Waals surface area contributed by atoms with Crippen LogP contribution in [0.3, 0.4) is 0 Å². The van der Waals surface area contributed by atoms with Crippen molar-refractivity contribution in [1.29, 1.82) is 0 Å². The van der Waals surface area contributed by atoms with Gasteiger partial charge in [-0.15, -0.1) is 0 Å². The van der Waals surface area contributed by atoms with Crippen LogP contribution >= 0.6 is 0 Å². The Labute approximate surface area is 173 Å². The average molecular weight is 426 g/mol. The topological polar surface area (TPSA) is 100 Å². The number of nitrogens with one attached hydrogen (secondary N) is 3. The third-order valence-corrected chi connectivity index (χ3v) is 7.37. The number of benzene rings is 1. The molecule has 1 atom stereocenters. The Balaban J connectivity index is 1.95. The number of quaternary nitrogens is 1. The van der Waals surface area contributed by atoms with Crippen LogP contribution < -0.4 is 15.5 Å². The van der Waals surface area contributed by atoms with Gasteiger partial charge in [0, 0.05) is 6.54 Å². The van der Waals surface area contributed by atoms with Crippen LogP contribution in [-0.4, -0.2) is 69.8 Å². The van der Waals surface area contributed by atoms with Crippen LogP contribution in [0.4, 0.5) is 0 Å². The highest BCUT2D eigenvalue weighted by molar-refractivity contribution is 7.89. The summed E-state index contributed by atoms with van der Waals surface area (Å²) in [5.41, 5.74) is 2.56. The smallest absolute Gasteiger partial charge is 0.275 e. The minimum Gasteiger partial charge on any atom is -0.355 e. The Morgan fingerprint density at radius 2 is 1.69 bits per heavy atom. The molecule has 0 aliphatic carbocycles. The zero-order chi connectivity index (χ0) is 21.8. The van der Waals surface area contributed by atoms with E-state index in [9.17, 15) is 18.0 Å². The molecule has 9 heteroatoms. The van der Waals surface area contributed by atoms with Crippen LogP contribution in [0.5, 0.6) is 0 Å². The monoisotopic (exact) mass is 425 g/mol. The van der Waals surface area contributed by atoms with Gasteiger partial charge in [0.1, 0.15) is 6.04 Å². The number of hydrogen-bond acceptors (Lipinski definition) is 4. The van der Waals surface area contributed by atoms with E-state index < -0.39 is 16.1 Å². The maximum atomic E-state index is 13.1. The predicted molar refractivity (Wildman–Crippen MR) is 111 cm³/mol. The molecule has 1 aliphatic rings. The molecule has 0 spiro atoms. The molecule has 0 aromatic heterocycles. The molecule has 2 rings (SSSR count). The molecule has 0 saturated carbocycles. The van der Waals surface area contributed by atoms with Gasteiger partial charge in [-0.2, -0.15) is 4.31 Å². The lowest BCUT2D eigenvalue weighted by Crippen LogP contribution is -3.15. The molecular weight excluding hydrogens is 392 g/mol. The first kappa shape index (κ1) is 23.3. The van der Waals surface area contributed by atoms with Crippen molar-refractivity contribution in [3.05, 3.63) is 28.8 Å². The number of likely N-dealkylation sites (N-methyl/N-ethyl adjacent to an activating group) is 1. The van der Waals surface area contributed by atoms with Crippen molar-refractivity contribution < 1.29 is 22.9 Å². The van der Waals surface area contributed by atoms with Gasteiger partial charge in [0.2, 0.25) is 15.9 Å². The first-order valence-electron chi connectivity index (χ1n) is 10.0. The van der Waals surface area contributed by atoms with Crippen molar-refractivity contribution >= 4 is 21.8 Å². The van der Waals surface area contributed by atoms with E-state index >= 15 is 0 Å². The summed E-state index contributed by atoms with van der Waals surface area (Å²) in [6.45, 7) is 11.6. The van der Waals surface area contributed by atoms with Gasteiger partial charge >= 0.3 is 0 Å². The minimum absolute atomic E-state index is 0.208. The molecule has 1 aliphatic heterocycles. The number of aryl methyl sites for hydroxylation is 3. The quantitative estimate of drug-likeness (QED) is 0.529. The van der Waals surface area contributed by atoms with Crippen molar-refractivity contribution in [3.63, 3.8) is 0 Å². The normalized spacial score (nSPS) is 17.0. The van der Waals surface area contributed by atoms with Gasteiger partial charge in [-0.05, 0) is 45.7 Å². The van der Waals surface area contributed by atoms with Gasteiger partial charge < -0.3 is 15.5 Å². The summed E-state index contributed by atoms with van der Waals surface area (Å²) < 4.78 is 27.8. The zero-order valence-corrected chi connectivity index (χ0v) is 18.8. The summed E-state index contributed by atoms with van der Waals surface area (Å²) >= 11 is 0. The van der Waals surface area contributed by atoms with Crippen LogP contribution in [-0.2, 0) is 19.6 Å². The van der Waals surface area contributed by atoms with E-state index in [1.54, 1.807) is 6.92 Å². The number of carbonyl (C=O) groups is 2. The van der Waals surface area contributed by atoms with Crippen LogP contribution in [0.15, 0.2) is 17.0 Å². The lowest BCUT2D eigenvalue weighted by molar-refractivity contribution is -0.895. The van der Waals surface area contributed by atoms with E-state index in [4.69, 9.17) is 0 Å².